The van der Waals surface area contributed by atoms with Gasteiger partial charge in [0.2, 0.25) is 0 Å². The van der Waals surface area contributed by atoms with E-state index < -0.39 is 0 Å². The van der Waals surface area contributed by atoms with Gasteiger partial charge in [-0.25, -0.2) is 0 Å². The molecule has 1 atom stereocenters. The quantitative estimate of drug-likeness (QED) is 0.867. The molecule has 1 N–H and O–H groups in total. The minimum atomic E-state index is 0.531. The van der Waals surface area contributed by atoms with E-state index >= 15 is 0 Å². The number of nitrogens with zero attached hydrogens (tertiary/aromatic N) is 1. The van der Waals surface area contributed by atoms with Crippen LogP contribution in [0.2, 0.25) is 0 Å². The summed E-state index contributed by atoms with van der Waals surface area (Å²) < 4.78 is 0. The van der Waals surface area contributed by atoms with Crippen molar-refractivity contribution in [2.45, 2.75) is 32.2 Å². The van der Waals surface area contributed by atoms with Gasteiger partial charge < -0.3 is 5.32 Å². The zero-order valence-corrected chi connectivity index (χ0v) is 10.7. The maximum atomic E-state index is 4.23. The fraction of sp³-hybridized carbons (Fsp3) is 0.312. The monoisotopic (exact) mass is 238 g/mol. The predicted molar refractivity (Wildman–Crippen MR) is 74.9 cm³/mol. The second kappa shape index (κ2) is 4.81. The summed E-state index contributed by atoms with van der Waals surface area (Å²) in [6.07, 6.45) is 7.29. The fourth-order valence-corrected chi connectivity index (χ4v) is 2.69. The first-order valence-electron chi connectivity index (χ1n) is 6.56. The average molecular weight is 238 g/mol. The van der Waals surface area contributed by atoms with Crippen molar-refractivity contribution in [3.05, 3.63) is 59.4 Å². The summed E-state index contributed by atoms with van der Waals surface area (Å²) in [7, 11) is 0. The van der Waals surface area contributed by atoms with E-state index in [-0.39, 0.29) is 0 Å². The van der Waals surface area contributed by atoms with Gasteiger partial charge in [0.1, 0.15) is 0 Å². The van der Waals surface area contributed by atoms with Crippen molar-refractivity contribution in [2.24, 2.45) is 0 Å². The third kappa shape index (κ3) is 2.37. The topological polar surface area (TPSA) is 24.9 Å². The van der Waals surface area contributed by atoms with E-state index in [0.29, 0.717) is 6.04 Å². The Morgan fingerprint density at radius 3 is 2.83 bits per heavy atom. The van der Waals surface area contributed by atoms with E-state index in [4.69, 9.17) is 0 Å². The Labute approximate surface area is 108 Å². The lowest BCUT2D eigenvalue weighted by Crippen LogP contribution is -2.27. The van der Waals surface area contributed by atoms with Crippen molar-refractivity contribution in [2.75, 3.05) is 5.32 Å². The standard InChI is InChI=1S/C16H18N2/c1-12-8-16(11-17-10-12)18-15-7-6-13-4-2-3-5-14(13)9-15/h2-5,8,10-11,15,18H,6-7,9H2,1H3. The third-order valence-electron chi connectivity index (χ3n) is 3.59. The first kappa shape index (κ1) is 11.3. The molecule has 92 valence electrons. The molecule has 1 aromatic heterocycles. The lowest BCUT2D eigenvalue weighted by Gasteiger charge is -2.26. The highest BCUT2D eigenvalue weighted by Crippen LogP contribution is 2.23. The highest BCUT2D eigenvalue weighted by molar-refractivity contribution is 5.44. The van der Waals surface area contributed by atoms with Gasteiger partial charge in [0.05, 0.1) is 5.69 Å². The van der Waals surface area contributed by atoms with Crippen LogP contribution in [-0.2, 0) is 12.8 Å². The molecule has 0 bridgehead atoms. The smallest absolute Gasteiger partial charge is 0.0531 e. The first-order chi connectivity index (χ1) is 8.81. The van der Waals surface area contributed by atoms with Crippen molar-refractivity contribution in [3.63, 3.8) is 0 Å². The molecule has 1 heterocycles. The van der Waals surface area contributed by atoms with Crippen molar-refractivity contribution in [1.29, 1.82) is 0 Å². The second-order valence-electron chi connectivity index (χ2n) is 5.10. The van der Waals surface area contributed by atoms with E-state index in [2.05, 4.69) is 47.6 Å². The van der Waals surface area contributed by atoms with Crippen LogP contribution in [0.5, 0.6) is 0 Å². The number of fused-ring (bicyclic) bond motifs is 1. The molecule has 1 aromatic carbocycles. The Hall–Kier alpha value is -1.83. The van der Waals surface area contributed by atoms with Crippen molar-refractivity contribution >= 4 is 5.69 Å². The van der Waals surface area contributed by atoms with Gasteiger partial charge in [-0.1, -0.05) is 24.3 Å². The van der Waals surface area contributed by atoms with Crippen LogP contribution in [-0.4, -0.2) is 11.0 Å². The normalized spacial score (nSPS) is 18.2. The van der Waals surface area contributed by atoms with Gasteiger partial charge in [-0.05, 0) is 48.9 Å². The van der Waals surface area contributed by atoms with Crippen LogP contribution < -0.4 is 5.32 Å². The summed E-state index contributed by atoms with van der Waals surface area (Å²) in [5.41, 5.74) is 5.34. The Balaban J connectivity index is 1.73. The molecule has 1 aliphatic carbocycles. The summed E-state index contributed by atoms with van der Waals surface area (Å²) in [5.74, 6) is 0. The second-order valence-corrected chi connectivity index (χ2v) is 5.10. The van der Waals surface area contributed by atoms with E-state index in [1.165, 1.54) is 29.5 Å². The lowest BCUT2D eigenvalue weighted by atomic mass is 9.88. The summed E-state index contributed by atoms with van der Waals surface area (Å²) in [6, 6.07) is 11.5. The van der Waals surface area contributed by atoms with E-state index in [0.717, 1.165) is 12.1 Å². The maximum Gasteiger partial charge on any atom is 0.0531 e. The lowest BCUT2D eigenvalue weighted by molar-refractivity contribution is 0.610. The molecule has 2 aromatic rings. The van der Waals surface area contributed by atoms with E-state index in [1.54, 1.807) is 0 Å². The Kier molecular flexibility index (Phi) is 3.01. The molecule has 1 aliphatic rings. The van der Waals surface area contributed by atoms with Gasteiger partial charge in [0.25, 0.3) is 0 Å². The number of pyridine rings is 1. The molecule has 2 nitrogen and oxygen atoms in total. The van der Waals surface area contributed by atoms with Crippen LogP contribution in [0.25, 0.3) is 0 Å². The van der Waals surface area contributed by atoms with Crippen LogP contribution in [0.1, 0.15) is 23.1 Å². The Morgan fingerprint density at radius 2 is 2.00 bits per heavy atom. The molecule has 0 amide bonds. The van der Waals surface area contributed by atoms with E-state index in [9.17, 15) is 0 Å². The molecule has 18 heavy (non-hydrogen) atoms. The largest absolute Gasteiger partial charge is 0.381 e. The van der Waals surface area contributed by atoms with Crippen LogP contribution in [0, 0.1) is 6.92 Å². The molecular weight excluding hydrogens is 220 g/mol. The fourth-order valence-electron chi connectivity index (χ4n) is 2.69. The molecule has 0 saturated carbocycles. The number of nitrogens with one attached hydrogen (secondary N) is 1. The van der Waals surface area contributed by atoms with Gasteiger partial charge in [0.15, 0.2) is 0 Å². The average Bonchev–Trinajstić information content (AvgIpc) is 2.39. The molecular formula is C16H18N2. The predicted octanol–water partition coefficient (Wildman–Crippen LogP) is 3.36. The number of anilines is 1. The van der Waals surface area contributed by atoms with Crippen molar-refractivity contribution in [3.8, 4) is 0 Å². The summed E-state index contributed by atoms with van der Waals surface area (Å²) in [4.78, 5) is 4.23. The van der Waals surface area contributed by atoms with Crippen molar-refractivity contribution in [1.82, 2.24) is 4.98 Å². The first-order valence-corrected chi connectivity index (χ1v) is 6.56. The number of rotatable bonds is 2. The Morgan fingerprint density at radius 1 is 1.17 bits per heavy atom. The van der Waals surface area contributed by atoms with Gasteiger partial charge >= 0.3 is 0 Å². The van der Waals surface area contributed by atoms with Gasteiger partial charge in [-0.2, -0.15) is 0 Å². The minimum Gasteiger partial charge on any atom is -0.381 e. The number of aryl methyl sites for hydroxylation is 2. The summed E-state index contributed by atoms with van der Waals surface area (Å²) in [6.45, 7) is 2.08. The summed E-state index contributed by atoms with van der Waals surface area (Å²) >= 11 is 0. The zero-order chi connectivity index (χ0) is 12.4. The highest BCUT2D eigenvalue weighted by Gasteiger charge is 2.17. The van der Waals surface area contributed by atoms with Gasteiger partial charge in [-0.3, -0.25) is 4.98 Å². The molecule has 0 fully saturated rings. The minimum absolute atomic E-state index is 0.531. The zero-order valence-electron chi connectivity index (χ0n) is 10.7. The highest BCUT2D eigenvalue weighted by atomic mass is 14.9. The number of benzene rings is 1. The van der Waals surface area contributed by atoms with Crippen molar-refractivity contribution < 1.29 is 0 Å². The van der Waals surface area contributed by atoms with E-state index in [1.807, 2.05) is 12.4 Å². The number of aromatic nitrogens is 1. The van der Waals surface area contributed by atoms with Gasteiger partial charge in [-0.15, -0.1) is 0 Å². The third-order valence-corrected chi connectivity index (χ3v) is 3.59. The molecule has 3 rings (SSSR count). The van der Waals surface area contributed by atoms with Crippen LogP contribution in [0.15, 0.2) is 42.7 Å². The van der Waals surface area contributed by atoms with Crippen LogP contribution in [0.4, 0.5) is 5.69 Å². The molecule has 0 radical (unpaired) electrons. The van der Waals surface area contributed by atoms with Crippen LogP contribution in [0.3, 0.4) is 0 Å². The number of hydrogen-bond acceptors (Lipinski definition) is 2. The SMILES string of the molecule is Cc1cncc(NC2CCc3ccccc3C2)c1. The maximum absolute atomic E-state index is 4.23. The molecule has 2 heteroatoms. The molecule has 0 aliphatic heterocycles. The van der Waals surface area contributed by atoms with Gasteiger partial charge in [0, 0.05) is 18.4 Å². The summed E-state index contributed by atoms with van der Waals surface area (Å²) in [5, 5.41) is 3.60. The number of hydrogen-bond donors (Lipinski definition) is 1. The Bertz CT molecular complexity index is 548. The molecule has 0 saturated heterocycles. The molecule has 1 unspecified atom stereocenters. The van der Waals surface area contributed by atoms with Crippen LogP contribution >= 0.6 is 0 Å². The molecule has 0 spiro atoms.